The van der Waals surface area contributed by atoms with Crippen molar-refractivity contribution >= 4 is 11.4 Å². The standard InChI is InChI=1S/C13H22N2O2S/c1-13(2,3)18(17)15-12(7-9-16)10-11-6-4-5-8-14-11/h4-6,8,12,15-16H,7,9-10H2,1-3H3/t12-,18?/m0/s1. The van der Waals surface area contributed by atoms with Crippen LogP contribution in [0, 0.1) is 0 Å². The topological polar surface area (TPSA) is 68.2 Å². The van der Waals surface area contributed by atoms with E-state index in [4.69, 9.17) is 5.11 Å². The van der Waals surface area contributed by atoms with Crippen LogP contribution in [0.15, 0.2) is 24.4 Å². The highest BCUT2D eigenvalue weighted by Gasteiger charge is 2.29. The van der Waals surface area contributed by atoms with Crippen molar-refractivity contribution in [3.05, 3.63) is 30.1 Å². The number of hydrogen-bond acceptors (Lipinski definition) is 4. The number of rotatable bonds is 6. The summed E-state index contributed by atoms with van der Waals surface area (Å²) in [6.45, 7) is 5.85. The van der Waals surface area contributed by atoms with Crippen molar-refractivity contribution in [1.82, 2.24) is 9.71 Å². The van der Waals surface area contributed by atoms with Gasteiger partial charge in [0.2, 0.25) is 0 Å². The first-order valence-corrected chi connectivity index (χ1v) is 7.27. The fourth-order valence-corrected chi connectivity index (χ4v) is 2.32. The van der Waals surface area contributed by atoms with E-state index in [2.05, 4.69) is 9.71 Å². The van der Waals surface area contributed by atoms with E-state index >= 15 is 0 Å². The maximum atomic E-state index is 12.0. The minimum absolute atomic E-state index is 0.0232. The fraction of sp³-hybridized carbons (Fsp3) is 0.615. The molecule has 0 aliphatic carbocycles. The Morgan fingerprint density at radius 3 is 2.67 bits per heavy atom. The Kier molecular flexibility index (Phi) is 6.08. The van der Waals surface area contributed by atoms with Crippen LogP contribution in [-0.2, 0) is 17.8 Å². The molecule has 1 aromatic heterocycles. The van der Waals surface area contributed by atoms with Crippen molar-refractivity contribution in [2.75, 3.05) is 6.61 Å². The Bertz CT molecular complexity index is 341. The van der Waals surface area contributed by atoms with Gasteiger partial charge in [0.25, 0.3) is 0 Å². The summed E-state index contributed by atoms with van der Waals surface area (Å²) in [6, 6.07) is 5.71. The molecular weight excluding hydrogens is 248 g/mol. The second-order valence-electron chi connectivity index (χ2n) is 5.23. The largest absolute Gasteiger partial charge is 0.598 e. The SMILES string of the molecule is CC(C)(C)[S+]([O-])N[C@@H](CCO)Cc1ccccn1. The van der Waals surface area contributed by atoms with Gasteiger partial charge >= 0.3 is 0 Å². The molecule has 2 N–H and O–H groups in total. The van der Waals surface area contributed by atoms with E-state index in [1.165, 1.54) is 0 Å². The number of nitrogens with zero attached hydrogens (tertiary/aromatic N) is 1. The lowest BCUT2D eigenvalue weighted by molar-refractivity contribution is 0.270. The predicted molar refractivity (Wildman–Crippen MR) is 74.5 cm³/mol. The normalized spacial score (nSPS) is 15.4. The second kappa shape index (κ2) is 7.09. The third-order valence-electron chi connectivity index (χ3n) is 2.49. The summed E-state index contributed by atoms with van der Waals surface area (Å²) >= 11 is -1.13. The quantitative estimate of drug-likeness (QED) is 0.767. The molecule has 0 radical (unpaired) electrons. The first-order chi connectivity index (χ1) is 8.43. The van der Waals surface area contributed by atoms with Crippen LogP contribution in [0.2, 0.25) is 0 Å². The van der Waals surface area contributed by atoms with Crippen molar-refractivity contribution in [2.45, 2.75) is 44.4 Å². The molecular formula is C13H22N2O2S. The summed E-state index contributed by atoms with van der Waals surface area (Å²) < 4.78 is 14.8. The zero-order valence-electron chi connectivity index (χ0n) is 11.2. The van der Waals surface area contributed by atoms with Gasteiger partial charge in [-0.2, -0.15) is 0 Å². The van der Waals surface area contributed by atoms with E-state index in [0.29, 0.717) is 12.8 Å². The smallest absolute Gasteiger partial charge is 0.136 e. The van der Waals surface area contributed by atoms with Gasteiger partial charge in [0.05, 0.1) is 6.04 Å². The molecule has 0 aliphatic heterocycles. The number of aliphatic hydroxyl groups excluding tert-OH is 1. The van der Waals surface area contributed by atoms with Crippen LogP contribution in [-0.4, -0.2) is 32.0 Å². The summed E-state index contributed by atoms with van der Waals surface area (Å²) in [7, 11) is 0. The summed E-state index contributed by atoms with van der Waals surface area (Å²) in [5.74, 6) is 0. The zero-order valence-corrected chi connectivity index (χ0v) is 12.0. The predicted octanol–water partition coefficient (Wildman–Crippen LogP) is 1.43. The Balaban J connectivity index is 2.60. The highest BCUT2D eigenvalue weighted by atomic mass is 32.2. The van der Waals surface area contributed by atoms with Crippen molar-refractivity contribution in [3.63, 3.8) is 0 Å². The molecule has 102 valence electrons. The lowest BCUT2D eigenvalue weighted by Gasteiger charge is -2.27. The molecule has 5 heteroatoms. The van der Waals surface area contributed by atoms with Gasteiger partial charge in [0.15, 0.2) is 0 Å². The third kappa shape index (κ3) is 5.35. The maximum absolute atomic E-state index is 12.0. The van der Waals surface area contributed by atoms with Gasteiger partial charge in [-0.15, -0.1) is 4.72 Å². The van der Waals surface area contributed by atoms with Gasteiger partial charge in [-0.1, -0.05) is 6.07 Å². The molecule has 0 amide bonds. The first-order valence-electron chi connectivity index (χ1n) is 6.12. The van der Waals surface area contributed by atoms with Crippen LogP contribution in [0.25, 0.3) is 0 Å². The van der Waals surface area contributed by atoms with E-state index in [1.54, 1.807) is 6.20 Å². The monoisotopic (exact) mass is 270 g/mol. The van der Waals surface area contributed by atoms with Crippen molar-refractivity contribution in [3.8, 4) is 0 Å². The number of aliphatic hydroxyl groups is 1. The summed E-state index contributed by atoms with van der Waals surface area (Å²) in [5, 5.41) is 9.07. The Morgan fingerprint density at radius 1 is 1.44 bits per heavy atom. The van der Waals surface area contributed by atoms with Crippen LogP contribution in [0.1, 0.15) is 32.9 Å². The van der Waals surface area contributed by atoms with Gasteiger partial charge in [-0.3, -0.25) is 4.98 Å². The lowest BCUT2D eigenvalue weighted by atomic mass is 10.1. The Morgan fingerprint density at radius 2 is 2.17 bits per heavy atom. The molecule has 1 heterocycles. The molecule has 0 aliphatic rings. The molecule has 0 saturated heterocycles. The van der Waals surface area contributed by atoms with Crippen molar-refractivity contribution < 1.29 is 9.66 Å². The maximum Gasteiger partial charge on any atom is 0.136 e. The molecule has 0 aromatic carbocycles. The molecule has 2 atom stereocenters. The van der Waals surface area contributed by atoms with E-state index in [1.807, 2.05) is 39.0 Å². The fourth-order valence-electron chi connectivity index (χ4n) is 1.46. The summed E-state index contributed by atoms with van der Waals surface area (Å²) in [6.07, 6.45) is 2.98. The molecule has 1 unspecified atom stereocenters. The third-order valence-corrected chi connectivity index (χ3v) is 4.15. The molecule has 4 nitrogen and oxygen atoms in total. The van der Waals surface area contributed by atoms with E-state index in [0.717, 1.165) is 5.69 Å². The average molecular weight is 270 g/mol. The van der Waals surface area contributed by atoms with Gasteiger partial charge in [-0.05, 0) is 39.3 Å². The summed E-state index contributed by atoms with van der Waals surface area (Å²) in [4.78, 5) is 4.25. The van der Waals surface area contributed by atoms with Crippen LogP contribution >= 0.6 is 0 Å². The van der Waals surface area contributed by atoms with Gasteiger partial charge in [-0.25, -0.2) is 0 Å². The average Bonchev–Trinajstić information content (AvgIpc) is 2.29. The van der Waals surface area contributed by atoms with Crippen LogP contribution in [0.5, 0.6) is 0 Å². The number of aromatic nitrogens is 1. The molecule has 0 fully saturated rings. The zero-order chi connectivity index (χ0) is 13.6. The number of pyridine rings is 1. The van der Waals surface area contributed by atoms with E-state index < -0.39 is 11.4 Å². The molecule has 1 rings (SSSR count). The minimum Gasteiger partial charge on any atom is -0.598 e. The number of hydrogen-bond donors (Lipinski definition) is 2. The van der Waals surface area contributed by atoms with E-state index in [9.17, 15) is 4.55 Å². The van der Waals surface area contributed by atoms with Crippen molar-refractivity contribution in [1.29, 1.82) is 0 Å². The highest BCUT2D eigenvalue weighted by Crippen LogP contribution is 2.15. The molecule has 0 saturated carbocycles. The van der Waals surface area contributed by atoms with Crippen LogP contribution in [0.4, 0.5) is 0 Å². The molecule has 0 bridgehead atoms. The van der Waals surface area contributed by atoms with Crippen molar-refractivity contribution in [2.24, 2.45) is 0 Å². The minimum atomic E-state index is -1.13. The Labute approximate surface area is 112 Å². The lowest BCUT2D eigenvalue weighted by Crippen LogP contribution is -2.45. The summed E-state index contributed by atoms with van der Waals surface area (Å²) in [5.41, 5.74) is 0.939. The van der Waals surface area contributed by atoms with Crippen LogP contribution < -0.4 is 4.72 Å². The molecule has 0 spiro atoms. The van der Waals surface area contributed by atoms with Gasteiger partial charge in [0, 0.05) is 36.3 Å². The molecule has 18 heavy (non-hydrogen) atoms. The first kappa shape index (κ1) is 15.4. The number of nitrogens with one attached hydrogen (secondary N) is 1. The Hall–Kier alpha value is -0.620. The van der Waals surface area contributed by atoms with Gasteiger partial charge in [0.1, 0.15) is 4.75 Å². The van der Waals surface area contributed by atoms with E-state index in [-0.39, 0.29) is 17.4 Å². The highest BCUT2D eigenvalue weighted by molar-refractivity contribution is 7.90. The van der Waals surface area contributed by atoms with Crippen LogP contribution in [0.3, 0.4) is 0 Å². The molecule has 1 aromatic rings. The second-order valence-corrected chi connectivity index (χ2v) is 7.23. The van der Waals surface area contributed by atoms with Gasteiger partial charge < -0.3 is 9.66 Å².